The van der Waals surface area contributed by atoms with Gasteiger partial charge in [-0.15, -0.1) is 0 Å². The van der Waals surface area contributed by atoms with Gasteiger partial charge in [0.15, 0.2) is 5.13 Å². The van der Waals surface area contributed by atoms with E-state index >= 15 is 0 Å². The average molecular weight is 330 g/mol. The third-order valence-corrected chi connectivity index (χ3v) is 4.30. The second kappa shape index (κ2) is 6.14. The maximum absolute atomic E-state index is 13.0. The fraction of sp³-hybridized carbons (Fsp3) is 0.200. The summed E-state index contributed by atoms with van der Waals surface area (Å²) in [7, 11) is 0. The second-order valence-electron chi connectivity index (χ2n) is 5.01. The van der Waals surface area contributed by atoms with E-state index in [0.29, 0.717) is 15.7 Å². The quantitative estimate of drug-likeness (QED) is 0.934. The Hall–Kier alpha value is -2.79. The highest BCUT2D eigenvalue weighted by Gasteiger charge is 2.35. The molecule has 116 valence electrons. The number of benzene rings is 1. The molecule has 1 saturated heterocycles. The van der Waals surface area contributed by atoms with E-state index in [1.54, 1.807) is 0 Å². The number of amides is 2. The lowest BCUT2D eigenvalue weighted by atomic mass is 10.1. The Balaban J connectivity index is 1.68. The number of halogens is 1. The molecule has 0 aliphatic carbocycles. The molecule has 1 aliphatic rings. The smallest absolute Gasteiger partial charge is 0.231 e. The SMILES string of the molecule is N#Cc1cnc(NC(=O)C2CC(=O)N(c3ccc(F)cc3)C2)s1. The fourth-order valence-electron chi connectivity index (χ4n) is 2.34. The molecular weight excluding hydrogens is 319 g/mol. The lowest BCUT2D eigenvalue weighted by Crippen LogP contribution is -2.28. The Labute approximate surface area is 135 Å². The number of hydrogen-bond donors (Lipinski definition) is 1. The Kier molecular flexibility index (Phi) is 4.04. The second-order valence-corrected chi connectivity index (χ2v) is 6.04. The van der Waals surface area contributed by atoms with Crippen molar-refractivity contribution >= 4 is 34.0 Å². The highest BCUT2D eigenvalue weighted by molar-refractivity contribution is 7.16. The minimum atomic E-state index is -0.512. The fourth-order valence-corrected chi connectivity index (χ4v) is 2.96. The normalized spacial score (nSPS) is 17.1. The molecule has 1 aromatic carbocycles. The molecule has 0 saturated carbocycles. The summed E-state index contributed by atoms with van der Waals surface area (Å²) < 4.78 is 13.0. The zero-order chi connectivity index (χ0) is 16.4. The van der Waals surface area contributed by atoms with Gasteiger partial charge in [0.1, 0.15) is 16.8 Å². The summed E-state index contributed by atoms with van der Waals surface area (Å²) in [6.45, 7) is 0.229. The minimum Gasteiger partial charge on any atom is -0.312 e. The number of thiazole rings is 1. The molecule has 8 heteroatoms. The van der Waals surface area contributed by atoms with Crippen LogP contribution in [-0.2, 0) is 9.59 Å². The van der Waals surface area contributed by atoms with Gasteiger partial charge in [-0.1, -0.05) is 11.3 Å². The number of aromatic nitrogens is 1. The summed E-state index contributed by atoms with van der Waals surface area (Å²) in [6, 6.07) is 7.50. The molecule has 0 radical (unpaired) electrons. The van der Waals surface area contributed by atoms with Crippen LogP contribution < -0.4 is 10.2 Å². The lowest BCUT2D eigenvalue weighted by Gasteiger charge is -2.16. The summed E-state index contributed by atoms with van der Waals surface area (Å²) in [5.41, 5.74) is 0.563. The maximum Gasteiger partial charge on any atom is 0.231 e. The summed E-state index contributed by atoms with van der Waals surface area (Å²) >= 11 is 1.08. The Morgan fingerprint density at radius 2 is 2.17 bits per heavy atom. The van der Waals surface area contributed by atoms with E-state index < -0.39 is 5.92 Å². The van der Waals surface area contributed by atoms with Crippen molar-refractivity contribution in [3.05, 3.63) is 41.2 Å². The maximum atomic E-state index is 13.0. The van der Waals surface area contributed by atoms with Crippen LogP contribution in [0.4, 0.5) is 15.2 Å². The number of nitriles is 1. The molecule has 1 atom stereocenters. The first kappa shape index (κ1) is 15.1. The number of nitrogens with zero attached hydrogens (tertiary/aromatic N) is 3. The highest BCUT2D eigenvalue weighted by atomic mass is 32.1. The summed E-state index contributed by atoms with van der Waals surface area (Å²) in [5.74, 6) is -1.40. The van der Waals surface area contributed by atoms with E-state index in [-0.39, 0.29) is 30.6 Å². The molecule has 2 heterocycles. The van der Waals surface area contributed by atoms with Gasteiger partial charge in [0, 0.05) is 18.7 Å². The summed E-state index contributed by atoms with van der Waals surface area (Å²) in [5, 5.41) is 11.7. The molecule has 1 fully saturated rings. The van der Waals surface area contributed by atoms with E-state index in [1.165, 1.54) is 35.4 Å². The lowest BCUT2D eigenvalue weighted by molar-refractivity contribution is -0.122. The van der Waals surface area contributed by atoms with Gasteiger partial charge in [-0.25, -0.2) is 9.37 Å². The summed E-state index contributed by atoms with van der Waals surface area (Å²) in [6.07, 6.45) is 1.46. The van der Waals surface area contributed by atoms with E-state index in [9.17, 15) is 14.0 Å². The van der Waals surface area contributed by atoms with Crippen LogP contribution in [0.15, 0.2) is 30.5 Å². The monoisotopic (exact) mass is 330 g/mol. The van der Waals surface area contributed by atoms with Crippen molar-refractivity contribution < 1.29 is 14.0 Å². The van der Waals surface area contributed by atoms with Crippen LogP contribution in [0, 0.1) is 23.1 Å². The van der Waals surface area contributed by atoms with E-state index in [2.05, 4.69) is 10.3 Å². The van der Waals surface area contributed by atoms with Gasteiger partial charge in [-0.05, 0) is 24.3 Å². The van der Waals surface area contributed by atoms with Gasteiger partial charge in [0.05, 0.1) is 12.1 Å². The number of nitrogens with one attached hydrogen (secondary N) is 1. The number of hydrogen-bond acceptors (Lipinski definition) is 5. The zero-order valence-corrected chi connectivity index (χ0v) is 12.6. The van der Waals surface area contributed by atoms with Crippen LogP contribution in [0.25, 0.3) is 0 Å². The minimum absolute atomic E-state index is 0.0830. The van der Waals surface area contributed by atoms with Gasteiger partial charge in [-0.3, -0.25) is 9.59 Å². The zero-order valence-electron chi connectivity index (χ0n) is 11.8. The molecular formula is C15H11FN4O2S. The first-order valence-corrected chi connectivity index (χ1v) is 7.61. The first-order chi connectivity index (χ1) is 11.1. The molecule has 2 amide bonds. The standard InChI is InChI=1S/C15H11FN4O2S/c16-10-1-3-11(4-2-10)20-8-9(5-13(20)21)14(22)19-15-18-7-12(6-17)23-15/h1-4,7,9H,5,8H2,(H,18,19,22). The first-order valence-electron chi connectivity index (χ1n) is 6.79. The van der Waals surface area contributed by atoms with E-state index in [0.717, 1.165) is 11.3 Å². The van der Waals surface area contributed by atoms with Gasteiger partial charge in [0.2, 0.25) is 11.8 Å². The molecule has 0 spiro atoms. The van der Waals surface area contributed by atoms with Crippen LogP contribution in [0.2, 0.25) is 0 Å². The van der Waals surface area contributed by atoms with Crippen LogP contribution in [0.1, 0.15) is 11.3 Å². The van der Waals surface area contributed by atoms with Crippen LogP contribution >= 0.6 is 11.3 Å². The molecule has 6 nitrogen and oxygen atoms in total. The van der Waals surface area contributed by atoms with Gasteiger partial charge < -0.3 is 10.2 Å². The van der Waals surface area contributed by atoms with Crippen LogP contribution in [0.3, 0.4) is 0 Å². The molecule has 23 heavy (non-hydrogen) atoms. The molecule has 1 aromatic heterocycles. The number of carbonyl (C=O) groups is 2. The Bertz CT molecular complexity index is 797. The van der Waals surface area contributed by atoms with Gasteiger partial charge in [0.25, 0.3) is 0 Å². The van der Waals surface area contributed by atoms with Crippen molar-refractivity contribution in [3.63, 3.8) is 0 Å². The molecule has 1 aliphatic heterocycles. The Morgan fingerprint density at radius 3 is 2.83 bits per heavy atom. The largest absolute Gasteiger partial charge is 0.312 e. The van der Waals surface area contributed by atoms with Gasteiger partial charge in [-0.2, -0.15) is 5.26 Å². The van der Waals surface area contributed by atoms with E-state index in [1.807, 2.05) is 6.07 Å². The highest BCUT2D eigenvalue weighted by Crippen LogP contribution is 2.26. The predicted octanol–water partition coefficient (Wildman–Crippen LogP) is 2.15. The van der Waals surface area contributed by atoms with Crippen LogP contribution in [0.5, 0.6) is 0 Å². The number of anilines is 2. The van der Waals surface area contributed by atoms with Crippen molar-refractivity contribution in [3.8, 4) is 6.07 Å². The molecule has 1 N–H and O–H groups in total. The van der Waals surface area contributed by atoms with Crippen molar-refractivity contribution in [1.82, 2.24) is 4.98 Å². The third-order valence-electron chi connectivity index (χ3n) is 3.48. The number of carbonyl (C=O) groups excluding carboxylic acids is 2. The van der Waals surface area contributed by atoms with Crippen molar-refractivity contribution in [2.75, 3.05) is 16.8 Å². The molecule has 1 unspecified atom stereocenters. The third kappa shape index (κ3) is 3.19. The molecule has 2 aromatic rings. The molecule has 3 rings (SSSR count). The van der Waals surface area contributed by atoms with Crippen molar-refractivity contribution in [2.45, 2.75) is 6.42 Å². The topological polar surface area (TPSA) is 86.1 Å². The van der Waals surface area contributed by atoms with Crippen molar-refractivity contribution in [2.24, 2.45) is 5.92 Å². The average Bonchev–Trinajstić information content (AvgIpc) is 3.15. The van der Waals surface area contributed by atoms with Crippen LogP contribution in [-0.4, -0.2) is 23.3 Å². The Morgan fingerprint density at radius 1 is 1.43 bits per heavy atom. The predicted molar refractivity (Wildman–Crippen MR) is 82.3 cm³/mol. The van der Waals surface area contributed by atoms with Crippen molar-refractivity contribution in [1.29, 1.82) is 5.26 Å². The number of rotatable bonds is 3. The molecule has 0 bridgehead atoms. The van der Waals surface area contributed by atoms with E-state index in [4.69, 9.17) is 5.26 Å². The van der Waals surface area contributed by atoms with Gasteiger partial charge >= 0.3 is 0 Å². The summed E-state index contributed by atoms with van der Waals surface area (Å²) in [4.78, 5) is 30.1.